The molecule has 2 heterocycles. The summed E-state index contributed by atoms with van der Waals surface area (Å²) in [5.41, 5.74) is 0.873. The van der Waals surface area contributed by atoms with Gasteiger partial charge in [0.1, 0.15) is 11.5 Å². The lowest BCUT2D eigenvalue weighted by atomic mass is 9.81. The van der Waals surface area contributed by atoms with Crippen molar-refractivity contribution < 1.29 is 9.21 Å². The van der Waals surface area contributed by atoms with Crippen molar-refractivity contribution >= 4 is 18.3 Å². The molecule has 4 nitrogen and oxygen atoms in total. The molecular weight excluding hydrogens is 264 g/mol. The number of piperidine rings is 1. The highest BCUT2D eigenvalue weighted by Crippen LogP contribution is 2.26. The second kappa shape index (κ2) is 6.44. The van der Waals surface area contributed by atoms with Crippen molar-refractivity contribution in [2.75, 3.05) is 19.6 Å². The molecule has 5 heteroatoms. The molecule has 0 radical (unpaired) electrons. The van der Waals surface area contributed by atoms with Crippen LogP contribution in [0.25, 0.3) is 0 Å². The van der Waals surface area contributed by atoms with Crippen LogP contribution in [0.15, 0.2) is 10.5 Å². The minimum Gasteiger partial charge on any atom is -0.466 e. The van der Waals surface area contributed by atoms with Crippen molar-refractivity contribution in [3.63, 3.8) is 0 Å². The number of hydrogen-bond donors (Lipinski definition) is 2. The van der Waals surface area contributed by atoms with E-state index in [0.717, 1.165) is 38.2 Å². The summed E-state index contributed by atoms with van der Waals surface area (Å²) in [6, 6.07) is 1.80. The van der Waals surface area contributed by atoms with Crippen LogP contribution in [0.3, 0.4) is 0 Å². The Balaban J connectivity index is 0.00000180. The van der Waals surface area contributed by atoms with E-state index in [2.05, 4.69) is 17.6 Å². The molecule has 0 unspecified atom stereocenters. The van der Waals surface area contributed by atoms with Gasteiger partial charge in [-0.15, -0.1) is 12.4 Å². The Bertz CT molecular complexity index is 437. The topological polar surface area (TPSA) is 54.3 Å². The van der Waals surface area contributed by atoms with Crippen LogP contribution in [0, 0.1) is 19.3 Å². The lowest BCUT2D eigenvalue weighted by Gasteiger charge is -2.34. The van der Waals surface area contributed by atoms with Gasteiger partial charge < -0.3 is 15.1 Å². The van der Waals surface area contributed by atoms with Gasteiger partial charge in [-0.2, -0.15) is 0 Å². The van der Waals surface area contributed by atoms with Gasteiger partial charge in [0, 0.05) is 6.54 Å². The van der Waals surface area contributed by atoms with E-state index in [1.165, 1.54) is 0 Å². The highest BCUT2D eigenvalue weighted by molar-refractivity contribution is 5.95. The van der Waals surface area contributed by atoms with Crippen LogP contribution in [-0.2, 0) is 0 Å². The Morgan fingerprint density at radius 3 is 2.58 bits per heavy atom. The van der Waals surface area contributed by atoms with Crippen LogP contribution in [0.5, 0.6) is 0 Å². The predicted molar refractivity (Wildman–Crippen MR) is 78.0 cm³/mol. The third kappa shape index (κ3) is 3.98. The number of amides is 1. The number of carbonyl (C=O) groups is 1. The van der Waals surface area contributed by atoms with Gasteiger partial charge in [-0.05, 0) is 51.3 Å². The maximum absolute atomic E-state index is 12.1. The summed E-state index contributed by atoms with van der Waals surface area (Å²) in [5, 5.41) is 6.38. The third-order valence-corrected chi connectivity index (χ3v) is 3.77. The van der Waals surface area contributed by atoms with Gasteiger partial charge in [0.15, 0.2) is 0 Å². The lowest BCUT2D eigenvalue weighted by Crippen LogP contribution is -2.42. The standard InChI is InChI=1S/C14H22N2O2.ClH/c1-10-8-12(11(2)18-10)13(17)16-9-14(3)4-6-15-7-5-14;/h8,15H,4-7,9H2,1-3H3,(H,16,17);1H. The second-order valence-corrected chi connectivity index (χ2v) is 5.57. The number of rotatable bonds is 3. The molecule has 0 saturated carbocycles. The maximum atomic E-state index is 12.1. The van der Waals surface area contributed by atoms with Crippen molar-refractivity contribution in [3.05, 3.63) is 23.2 Å². The molecule has 1 aromatic heterocycles. The molecule has 0 aliphatic carbocycles. The smallest absolute Gasteiger partial charge is 0.254 e. The number of aryl methyl sites for hydroxylation is 2. The Hall–Kier alpha value is -1.000. The number of furan rings is 1. The summed E-state index contributed by atoms with van der Waals surface area (Å²) in [4.78, 5) is 12.1. The van der Waals surface area contributed by atoms with Gasteiger partial charge in [0.25, 0.3) is 5.91 Å². The monoisotopic (exact) mass is 286 g/mol. The number of halogens is 1. The summed E-state index contributed by atoms with van der Waals surface area (Å²) in [5.74, 6) is 1.45. The fourth-order valence-corrected chi connectivity index (χ4v) is 2.45. The van der Waals surface area contributed by atoms with Crippen LogP contribution >= 0.6 is 12.4 Å². The first-order chi connectivity index (χ1) is 8.50. The Labute approximate surface area is 120 Å². The molecule has 1 aliphatic rings. The predicted octanol–water partition coefficient (Wildman–Crippen LogP) is 2.44. The lowest BCUT2D eigenvalue weighted by molar-refractivity contribution is 0.0920. The van der Waals surface area contributed by atoms with E-state index >= 15 is 0 Å². The van der Waals surface area contributed by atoms with Crippen LogP contribution in [0.1, 0.15) is 41.6 Å². The fraction of sp³-hybridized carbons (Fsp3) is 0.643. The van der Waals surface area contributed by atoms with E-state index in [-0.39, 0.29) is 23.7 Å². The van der Waals surface area contributed by atoms with E-state index in [4.69, 9.17) is 4.42 Å². The van der Waals surface area contributed by atoms with Gasteiger partial charge in [-0.1, -0.05) is 6.92 Å². The summed E-state index contributed by atoms with van der Waals surface area (Å²) < 4.78 is 5.38. The average Bonchev–Trinajstić information content (AvgIpc) is 2.67. The zero-order chi connectivity index (χ0) is 13.2. The quantitative estimate of drug-likeness (QED) is 0.897. The molecule has 108 valence electrons. The third-order valence-electron chi connectivity index (χ3n) is 3.77. The zero-order valence-corrected chi connectivity index (χ0v) is 12.7. The molecule has 2 N–H and O–H groups in total. The molecule has 1 aliphatic heterocycles. The normalized spacial score (nSPS) is 17.6. The summed E-state index contributed by atoms with van der Waals surface area (Å²) in [7, 11) is 0. The summed E-state index contributed by atoms with van der Waals surface area (Å²) >= 11 is 0. The van der Waals surface area contributed by atoms with Crippen molar-refractivity contribution in [2.45, 2.75) is 33.6 Å². The summed E-state index contributed by atoms with van der Waals surface area (Å²) in [6.45, 7) is 8.73. The largest absolute Gasteiger partial charge is 0.466 e. The van der Waals surface area contributed by atoms with E-state index in [1.54, 1.807) is 6.07 Å². The number of nitrogens with one attached hydrogen (secondary N) is 2. The highest BCUT2D eigenvalue weighted by atomic mass is 35.5. The molecule has 2 rings (SSSR count). The van der Waals surface area contributed by atoms with Gasteiger partial charge in [0.2, 0.25) is 0 Å². The van der Waals surface area contributed by atoms with E-state index < -0.39 is 0 Å². The van der Waals surface area contributed by atoms with Crippen LogP contribution < -0.4 is 10.6 Å². The molecule has 0 aromatic carbocycles. The van der Waals surface area contributed by atoms with Crippen molar-refractivity contribution in [1.82, 2.24) is 10.6 Å². The first-order valence-electron chi connectivity index (χ1n) is 6.56. The Morgan fingerprint density at radius 1 is 1.42 bits per heavy atom. The minimum atomic E-state index is -0.0240. The fourth-order valence-electron chi connectivity index (χ4n) is 2.45. The first-order valence-corrected chi connectivity index (χ1v) is 6.56. The Morgan fingerprint density at radius 2 is 2.05 bits per heavy atom. The van der Waals surface area contributed by atoms with Gasteiger partial charge in [0.05, 0.1) is 5.56 Å². The minimum absolute atomic E-state index is 0. The first kappa shape index (κ1) is 16.1. The van der Waals surface area contributed by atoms with Crippen LogP contribution in [0.2, 0.25) is 0 Å². The second-order valence-electron chi connectivity index (χ2n) is 5.57. The summed E-state index contributed by atoms with van der Waals surface area (Å²) in [6.07, 6.45) is 2.22. The molecular formula is C14H23ClN2O2. The van der Waals surface area contributed by atoms with E-state index in [0.29, 0.717) is 11.3 Å². The van der Waals surface area contributed by atoms with Gasteiger partial charge in [-0.25, -0.2) is 0 Å². The molecule has 0 atom stereocenters. The molecule has 1 saturated heterocycles. The van der Waals surface area contributed by atoms with Crippen molar-refractivity contribution in [1.29, 1.82) is 0 Å². The van der Waals surface area contributed by atoms with E-state index in [1.807, 2.05) is 13.8 Å². The molecule has 19 heavy (non-hydrogen) atoms. The maximum Gasteiger partial charge on any atom is 0.254 e. The van der Waals surface area contributed by atoms with Gasteiger partial charge >= 0.3 is 0 Å². The number of carbonyl (C=O) groups excluding carboxylic acids is 1. The van der Waals surface area contributed by atoms with Crippen LogP contribution in [-0.4, -0.2) is 25.5 Å². The molecule has 1 aromatic rings. The SMILES string of the molecule is Cc1cc(C(=O)NCC2(C)CCNCC2)c(C)o1.Cl. The molecule has 0 spiro atoms. The molecule has 0 bridgehead atoms. The number of hydrogen-bond acceptors (Lipinski definition) is 3. The molecule has 1 amide bonds. The van der Waals surface area contributed by atoms with Crippen molar-refractivity contribution in [2.24, 2.45) is 5.41 Å². The van der Waals surface area contributed by atoms with E-state index in [9.17, 15) is 4.79 Å². The zero-order valence-electron chi connectivity index (χ0n) is 11.8. The average molecular weight is 287 g/mol. The Kier molecular flexibility index (Phi) is 5.44. The van der Waals surface area contributed by atoms with Crippen molar-refractivity contribution in [3.8, 4) is 0 Å². The highest BCUT2D eigenvalue weighted by Gasteiger charge is 2.27. The van der Waals surface area contributed by atoms with Crippen LogP contribution in [0.4, 0.5) is 0 Å². The molecule has 1 fully saturated rings. The van der Waals surface area contributed by atoms with Gasteiger partial charge in [-0.3, -0.25) is 4.79 Å².